The molecule has 1 fully saturated rings. The smallest absolute Gasteiger partial charge is 0.0293 e. The summed E-state index contributed by atoms with van der Waals surface area (Å²) in [5, 5.41) is 0. The molecule has 5 rings (SSSR count). The summed E-state index contributed by atoms with van der Waals surface area (Å²) in [4.78, 5) is 6.28. The molecule has 3 aliphatic rings. The molecule has 24 heavy (non-hydrogen) atoms. The Bertz CT molecular complexity index is 758. The van der Waals surface area contributed by atoms with Crippen molar-refractivity contribution in [3.63, 3.8) is 0 Å². The van der Waals surface area contributed by atoms with Crippen molar-refractivity contribution in [2.24, 2.45) is 11.8 Å². The first-order valence-electron chi connectivity index (χ1n) is 9.60. The summed E-state index contributed by atoms with van der Waals surface area (Å²) >= 11 is 4.09. The normalized spacial score (nSPS) is 25.5. The average Bonchev–Trinajstić information content (AvgIpc) is 3.28. The molecular weight excluding hydrogens is 328 g/mol. The van der Waals surface area contributed by atoms with Gasteiger partial charge in [-0.05, 0) is 81.0 Å². The highest BCUT2D eigenvalue weighted by Gasteiger charge is 2.35. The van der Waals surface area contributed by atoms with Gasteiger partial charge in [0.15, 0.2) is 0 Å². The van der Waals surface area contributed by atoms with E-state index in [1.54, 1.807) is 20.9 Å². The number of fused-ring (bicyclic) bond motifs is 4. The van der Waals surface area contributed by atoms with Gasteiger partial charge in [-0.3, -0.25) is 0 Å². The Morgan fingerprint density at radius 3 is 2.33 bits per heavy atom. The molecule has 1 saturated carbocycles. The molecule has 0 bridgehead atoms. The average molecular weight is 355 g/mol. The maximum Gasteiger partial charge on any atom is 0.0293 e. The van der Waals surface area contributed by atoms with E-state index < -0.39 is 0 Å². The van der Waals surface area contributed by atoms with Crippen molar-refractivity contribution >= 4 is 22.7 Å². The lowest BCUT2D eigenvalue weighted by Crippen LogP contribution is -2.16. The molecule has 2 unspecified atom stereocenters. The minimum atomic E-state index is 0.677. The zero-order valence-electron chi connectivity index (χ0n) is 14.7. The lowest BCUT2D eigenvalue weighted by atomic mass is 9.77. The first-order chi connectivity index (χ1) is 11.7. The summed E-state index contributed by atoms with van der Waals surface area (Å²) in [6, 6.07) is 4.86. The van der Waals surface area contributed by atoms with Crippen molar-refractivity contribution in [1.29, 1.82) is 0 Å². The molecule has 0 aromatic carbocycles. The van der Waals surface area contributed by atoms with Gasteiger partial charge in [0.05, 0.1) is 0 Å². The topological polar surface area (TPSA) is 0 Å². The molecule has 2 aromatic heterocycles. The molecule has 0 spiro atoms. The van der Waals surface area contributed by atoms with Crippen LogP contribution in [0.1, 0.15) is 70.4 Å². The van der Waals surface area contributed by atoms with Gasteiger partial charge in [-0.25, -0.2) is 0 Å². The van der Waals surface area contributed by atoms with Gasteiger partial charge in [0.25, 0.3) is 0 Å². The SMILES string of the molecule is Cc1cc2c(s1)C(CCC1=CCC3CCCCC13)c1sc(C)cc1-2. The van der Waals surface area contributed by atoms with Crippen molar-refractivity contribution in [3.8, 4) is 11.1 Å². The van der Waals surface area contributed by atoms with Crippen molar-refractivity contribution < 1.29 is 0 Å². The van der Waals surface area contributed by atoms with Crippen LogP contribution in [0.15, 0.2) is 23.8 Å². The summed E-state index contributed by atoms with van der Waals surface area (Å²) < 4.78 is 0. The Hall–Kier alpha value is -0.860. The molecule has 0 N–H and O–H groups in total. The monoisotopic (exact) mass is 354 g/mol. The molecule has 0 saturated heterocycles. The molecule has 0 amide bonds. The van der Waals surface area contributed by atoms with E-state index in [0.717, 1.165) is 11.8 Å². The van der Waals surface area contributed by atoms with Gasteiger partial charge in [0, 0.05) is 25.4 Å². The molecule has 0 radical (unpaired) electrons. The number of aryl methyl sites for hydroxylation is 2. The van der Waals surface area contributed by atoms with Crippen LogP contribution >= 0.6 is 22.7 Å². The molecule has 0 aliphatic heterocycles. The van der Waals surface area contributed by atoms with Gasteiger partial charge in [-0.15, -0.1) is 22.7 Å². The first-order valence-corrected chi connectivity index (χ1v) is 11.2. The van der Waals surface area contributed by atoms with Gasteiger partial charge < -0.3 is 0 Å². The molecule has 3 aliphatic carbocycles. The standard InChI is InChI=1S/C22H26S2/c1-13-11-19-20-12-14(2)24-22(20)18(21(19)23-13)10-9-16-8-7-15-5-3-4-6-17(15)16/h8,11-12,15,17-18H,3-7,9-10H2,1-2H3. The molecule has 2 heteroatoms. The second-order valence-electron chi connectivity index (χ2n) is 8.03. The lowest BCUT2D eigenvalue weighted by Gasteiger charge is -2.28. The van der Waals surface area contributed by atoms with Crippen molar-refractivity contribution in [2.45, 2.75) is 64.7 Å². The quantitative estimate of drug-likeness (QED) is 0.502. The van der Waals surface area contributed by atoms with Crippen LogP contribution < -0.4 is 0 Å². The van der Waals surface area contributed by atoms with Gasteiger partial charge in [-0.1, -0.05) is 24.5 Å². The van der Waals surface area contributed by atoms with E-state index in [2.05, 4.69) is 32.1 Å². The fourth-order valence-corrected chi connectivity index (χ4v) is 7.85. The Morgan fingerprint density at radius 1 is 0.958 bits per heavy atom. The fourth-order valence-electron chi connectivity index (χ4n) is 5.41. The van der Waals surface area contributed by atoms with Crippen LogP contribution in [0.2, 0.25) is 0 Å². The second-order valence-corrected chi connectivity index (χ2v) is 10.6. The van der Waals surface area contributed by atoms with Crippen molar-refractivity contribution in [1.82, 2.24) is 0 Å². The van der Waals surface area contributed by atoms with Crippen LogP contribution in [0, 0.1) is 25.7 Å². The number of hydrogen-bond acceptors (Lipinski definition) is 2. The highest BCUT2D eigenvalue weighted by molar-refractivity contribution is 7.15. The third-order valence-corrected chi connectivity index (χ3v) is 8.81. The Kier molecular flexibility index (Phi) is 3.75. The predicted molar refractivity (Wildman–Crippen MR) is 106 cm³/mol. The Morgan fingerprint density at radius 2 is 1.62 bits per heavy atom. The highest BCUT2D eigenvalue weighted by atomic mass is 32.1. The van der Waals surface area contributed by atoms with Crippen LogP contribution in [0.25, 0.3) is 11.1 Å². The van der Waals surface area contributed by atoms with Crippen LogP contribution in [0.3, 0.4) is 0 Å². The van der Waals surface area contributed by atoms with E-state index in [9.17, 15) is 0 Å². The third kappa shape index (κ3) is 2.37. The number of thiophene rings is 2. The minimum Gasteiger partial charge on any atom is -0.144 e. The molecule has 2 atom stereocenters. The number of allylic oxidation sites excluding steroid dienone is 2. The van der Waals surface area contributed by atoms with E-state index in [4.69, 9.17) is 0 Å². The van der Waals surface area contributed by atoms with Gasteiger partial charge >= 0.3 is 0 Å². The third-order valence-electron chi connectivity index (χ3n) is 6.48. The van der Waals surface area contributed by atoms with E-state index >= 15 is 0 Å². The Labute approximate surface area is 153 Å². The van der Waals surface area contributed by atoms with E-state index in [-0.39, 0.29) is 0 Å². The van der Waals surface area contributed by atoms with Gasteiger partial charge in [-0.2, -0.15) is 0 Å². The summed E-state index contributed by atoms with van der Waals surface area (Å²) in [6.45, 7) is 4.54. The van der Waals surface area contributed by atoms with Crippen molar-refractivity contribution in [3.05, 3.63) is 43.3 Å². The van der Waals surface area contributed by atoms with Crippen LogP contribution in [0.4, 0.5) is 0 Å². The number of rotatable bonds is 3. The van der Waals surface area contributed by atoms with E-state index in [1.807, 2.05) is 28.2 Å². The number of hydrogen-bond donors (Lipinski definition) is 0. The summed E-state index contributed by atoms with van der Waals surface area (Å²) in [6.07, 6.45) is 12.5. The summed E-state index contributed by atoms with van der Waals surface area (Å²) in [7, 11) is 0. The lowest BCUT2D eigenvalue weighted by molar-refractivity contribution is 0.289. The predicted octanol–water partition coefficient (Wildman–Crippen LogP) is 7.46. The molecule has 0 nitrogen and oxygen atoms in total. The minimum absolute atomic E-state index is 0.677. The van der Waals surface area contributed by atoms with E-state index in [1.165, 1.54) is 54.7 Å². The zero-order chi connectivity index (χ0) is 16.3. The fraction of sp³-hybridized carbons (Fsp3) is 0.545. The van der Waals surface area contributed by atoms with Crippen LogP contribution in [-0.4, -0.2) is 0 Å². The van der Waals surface area contributed by atoms with E-state index in [0.29, 0.717) is 5.92 Å². The molecule has 2 aromatic rings. The molecule has 2 heterocycles. The molecule has 126 valence electrons. The Balaban J connectivity index is 1.39. The maximum absolute atomic E-state index is 2.62. The largest absolute Gasteiger partial charge is 0.144 e. The highest BCUT2D eigenvalue weighted by Crippen LogP contribution is 2.54. The first kappa shape index (κ1) is 15.4. The second kappa shape index (κ2) is 5.85. The van der Waals surface area contributed by atoms with Crippen LogP contribution in [0.5, 0.6) is 0 Å². The maximum atomic E-state index is 2.62. The molecular formula is C22H26S2. The van der Waals surface area contributed by atoms with Gasteiger partial charge in [0.2, 0.25) is 0 Å². The van der Waals surface area contributed by atoms with Crippen molar-refractivity contribution in [2.75, 3.05) is 0 Å². The van der Waals surface area contributed by atoms with Crippen LogP contribution in [-0.2, 0) is 0 Å². The van der Waals surface area contributed by atoms with Gasteiger partial charge in [0.1, 0.15) is 0 Å². The summed E-state index contributed by atoms with van der Waals surface area (Å²) in [5.41, 5.74) is 4.92. The summed E-state index contributed by atoms with van der Waals surface area (Å²) in [5.74, 6) is 2.61. The zero-order valence-corrected chi connectivity index (χ0v) is 16.4.